The Morgan fingerprint density at radius 2 is 0.680 bits per heavy atom. The van der Waals surface area contributed by atoms with E-state index in [1.54, 1.807) is 0 Å². The summed E-state index contributed by atoms with van der Waals surface area (Å²) in [4.78, 5) is 10.4. The van der Waals surface area contributed by atoms with E-state index in [0.29, 0.717) is 0 Å². The minimum Gasteiger partial charge on any atom is -0.480 e. The molecule has 0 aromatic heterocycles. The number of rotatable bonds is 2. The average Bonchev–Trinajstić information content (AvgIpc) is 2.14. The van der Waals surface area contributed by atoms with Gasteiger partial charge in [0, 0.05) is 0 Å². The summed E-state index contributed by atoms with van der Waals surface area (Å²) in [5.41, 5.74) is -17.1. The zero-order chi connectivity index (χ0) is 21.1. The number of halogens is 15. The van der Waals surface area contributed by atoms with Crippen LogP contribution in [0.2, 0.25) is 0 Å². The predicted molar refractivity (Wildman–Crippen MR) is 42.8 cm³/mol. The quantitative estimate of drug-likeness (QED) is 0.656. The molecule has 0 bridgehead atoms. The summed E-state index contributed by atoms with van der Waals surface area (Å²) in [6.07, 6.45) is -41.7. The van der Waals surface area contributed by atoms with Crippen LogP contribution in [0.4, 0.5) is 65.9 Å². The topological polar surface area (TPSA) is 37.3 Å². The minimum absolute atomic E-state index is 5.08. The van der Waals surface area contributed by atoms with E-state index in [1.807, 2.05) is 0 Å². The van der Waals surface area contributed by atoms with Crippen molar-refractivity contribution in [3.8, 4) is 0 Å². The highest BCUT2D eigenvalue weighted by Gasteiger charge is 3.03. The summed E-state index contributed by atoms with van der Waals surface area (Å²) in [6.45, 7) is 0. The Hall–Kier alpha value is -1.58. The number of carboxylic acid groups (broad SMARTS) is 1. The van der Waals surface area contributed by atoms with Crippen LogP contribution in [-0.4, -0.2) is 42.0 Å². The van der Waals surface area contributed by atoms with Crippen LogP contribution < -0.4 is 0 Å². The van der Waals surface area contributed by atoms with Gasteiger partial charge in [-0.1, -0.05) is 0 Å². The number of hydrogen-bond acceptors (Lipinski definition) is 1. The number of alkyl halides is 15. The SMILES string of the molecule is O=C(O)C(C(F)(F)F)(C(F)(F)F)C(C(F)(F)F)(C(F)(F)F)C(F)(F)F. The Labute approximate surface area is 125 Å². The Morgan fingerprint density at radius 1 is 0.480 bits per heavy atom. The molecule has 0 aromatic carbocycles. The average molecular weight is 414 g/mol. The maximum atomic E-state index is 12.6. The Kier molecular flexibility index (Phi) is 5.11. The van der Waals surface area contributed by atoms with Gasteiger partial charge in [0.2, 0.25) is 0 Å². The Balaban J connectivity index is 7.99. The Morgan fingerprint density at radius 3 is 0.720 bits per heavy atom. The fourth-order valence-corrected chi connectivity index (χ4v) is 2.11. The predicted octanol–water partition coefficient (Wildman–Crippen LogP) is 4.86. The lowest BCUT2D eigenvalue weighted by atomic mass is 9.59. The minimum atomic E-state index is -8.73. The lowest BCUT2D eigenvalue weighted by molar-refractivity contribution is -0.513. The van der Waals surface area contributed by atoms with E-state index >= 15 is 0 Å². The van der Waals surface area contributed by atoms with Crippen LogP contribution in [0, 0.1) is 10.8 Å². The fourth-order valence-electron chi connectivity index (χ4n) is 2.11. The first-order chi connectivity index (χ1) is 10.4. The van der Waals surface area contributed by atoms with Gasteiger partial charge in [-0.2, -0.15) is 65.9 Å². The number of hydrogen-bond donors (Lipinski definition) is 1. The highest BCUT2D eigenvalue weighted by Crippen LogP contribution is 2.75. The largest absolute Gasteiger partial charge is 0.480 e. The highest BCUT2D eigenvalue weighted by molar-refractivity contribution is 5.79. The molecule has 0 rings (SSSR count). The smallest absolute Gasteiger partial charge is 0.415 e. The first-order valence-electron chi connectivity index (χ1n) is 5.01. The highest BCUT2D eigenvalue weighted by atomic mass is 19.4. The molecular weight excluding hydrogens is 413 g/mol. The van der Waals surface area contributed by atoms with Gasteiger partial charge in [0.15, 0.2) is 0 Å². The second-order valence-corrected chi connectivity index (χ2v) is 4.29. The van der Waals surface area contributed by atoms with Crippen molar-refractivity contribution >= 4 is 5.97 Å². The molecule has 0 aliphatic carbocycles. The van der Waals surface area contributed by atoms with E-state index in [-0.39, 0.29) is 0 Å². The molecule has 0 aliphatic heterocycles. The van der Waals surface area contributed by atoms with Crippen LogP contribution in [-0.2, 0) is 4.79 Å². The molecule has 0 aliphatic rings. The molecule has 25 heavy (non-hydrogen) atoms. The van der Waals surface area contributed by atoms with Crippen molar-refractivity contribution < 1.29 is 75.8 Å². The molecule has 0 atom stereocenters. The fraction of sp³-hybridized carbons (Fsp3) is 0.875. The van der Waals surface area contributed by atoms with Gasteiger partial charge in [0.25, 0.3) is 10.8 Å². The number of carbonyl (C=O) groups is 1. The third-order valence-electron chi connectivity index (χ3n) is 3.01. The Bertz CT molecular complexity index is 462. The molecule has 0 fully saturated rings. The molecule has 0 unspecified atom stereocenters. The van der Waals surface area contributed by atoms with Crippen LogP contribution >= 0.6 is 0 Å². The van der Waals surface area contributed by atoms with Crippen LogP contribution in [0.5, 0.6) is 0 Å². The molecule has 0 amide bonds. The summed E-state index contributed by atoms with van der Waals surface area (Å²) in [6, 6.07) is 0. The molecular formula is C8HF15O2. The molecule has 0 spiro atoms. The maximum Gasteiger partial charge on any atom is 0.415 e. The first kappa shape index (κ1) is 23.4. The second-order valence-electron chi connectivity index (χ2n) is 4.29. The van der Waals surface area contributed by atoms with Gasteiger partial charge in [0.05, 0.1) is 0 Å². The molecule has 0 saturated carbocycles. The molecule has 2 nitrogen and oxygen atoms in total. The summed E-state index contributed by atoms with van der Waals surface area (Å²) >= 11 is 0. The molecule has 17 heteroatoms. The summed E-state index contributed by atoms with van der Waals surface area (Å²) in [7, 11) is 0. The molecule has 0 saturated heterocycles. The third kappa shape index (κ3) is 2.74. The van der Waals surface area contributed by atoms with Gasteiger partial charge in [-0.25, -0.2) is 0 Å². The lowest BCUT2D eigenvalue weighted by Gasteiger charge is -2.49. The van der Waals surface area contributed by atoms with E-state index in [1.165, 1.54) is 0 Å². The molecule has 0 aromatic rings. The van der Waals surface area contributed by atoms with Crippen molar-refractivity contribution in [2.24, 2.45) is 10.8 Å². The van der Waals surface area contributed by atoms with E-state index < -0.39 is 47.7 Å². The van der Waals surface area contributed by atoms with Crippen LogP contribution in [0.3, 0.4) is 0 Å². The third-order valence-corrected chi connectivity index (χ3v) is 3.01. The van der Waals surface area contributed by atoms with Crippen molar-refractivity contribution in [1.29, 1.82) is 0 Å². The zero-order valence-corrected chi connectivity index (χ0v) is 10.5. The standard InChI is InChI=1S/C8HF15O2/c9-4(10,11)2(1(24)25,5(12,13)14)3(6(15,16)17,7(18,19)20)8(21,22)23/h(H,24,25). The van der Waals surface area contributed by atoms with Crippen LogP contribution in [0.15, 0.2) is 0 Å². The number of carboxylic acids is 1. The van der Waals surface area contributed by atoms with Crippen molar-refractivity contribution in [2.75, 3.05) is 0 Å². The van der Waals surface area contributed by atoms with Crippen molar-refractivity contribution in [2.45, 2.75) is 30.9 Å². The first-order valence-corrected chi connectivity index (χ1v) is 5.01. The summed E-state index contributed by atoms with van der Waals surface area (Å²) < 4.78 is 189. The van der Waals surface area contributed by atoms with E-state index in [0.717, 1.165) is 0 Å². The monoisotopic (exact) mass is 414 g/mol. The zero-order valence-electron chi connectivity index (χ0n) is 10.5. The summed E-state index contributed by atoms with van der Waals surface area (Å²) in [5, 5.41) is 7.98. The number of aliphatic carboxylic acids is 1. The van der Waals surface area contributed by atoms with Gasteiger partial charge in [-0.3, -0.25) is 4.79 Å². The molecule has 0 heterocycles. The van der Waals surface area contributed by atoms with Crippen molar-refractivity contribution in [3.63, 3.8) is 0 Å². The molecule has 1 N–H and O–H groups in total. The molecule has 0 radical (unpaired) electrons. The van der Waals surface area contributed by atoms with E-state index in [9.17, 15) is 70.7 Å². The van der Waals surface area contributed by atoms with E-state index in [4.69, 9.17) is 5.11 Å². The van der Waals surface area contributed by atoms with Gasteiger partial charge in [-0.15, -0.1) is 0 Å². The molecule has 150 valence electrons. The van der Waals surface area contributed by atoms with Gasteiger partial charge in [0.1, 0.15) is 0 Å². The lowest BCUT2D eigenvalue weighted by Crippen LogP contribution is -2.78. The van der Waals surface area contributed by atoms with Crippen LogP contribution in [0.25, 0.3) is 0 Å². The van der Waals surface area contributed by atoms with E-state index in [2.05, 4.69) is 0 Å². The summed E-state index contributed by atoms with van der Waals surface area (Å²) in [5.74, 6) is -5.08. The second kappa shape index (κ2) is 5.46. The van der Waals surface area contributed by atoms with Gasteiger partial charge < -0.3 is 5.11 Å². The van der Waals surface area contributed by atoms with Crippen molar-refractivity contribution in [3.05, 3.63) is 0 Å². The van der Waals surface area contributed by atoms with Crippen LogP contribution in [0.1, 0.15) is 0 Å². The van der Waals surface area contributed by atoms with Gasteiger partial charge in [-0.05, 0) is 0 Å². The van der Waals surface area contributed by atoms with Crippen molar-refractivity contribution in [1.82, 2.24) is 0 Å². The van der Waals surface area contributed by atoms with Gasteiger partial charge >= 0.3 is 36.9 Å². The normalized spacial score (nSPS) is 16.1. The maximum absolute atomic E-state index is 12.6.